The maximum Gasteiger partial charge on any atom is 0.240 e. The van der Waals surface area contributed by atoms with Crippen LogP contribution in [0, 0.1) is 6.92 Å². The molecular formula is C16H21N3O2S. The number of aromatic nitrogens is 2. The molecule has 1 saturated carbocycles. The number of hydrogen-bond acceptors (Lipinski definition) is 3. The van der Waals surface area contributed by atoms with Gasteiger partial charge in [-0.25, -0.2) is 18.1 Å². The van der Waals surface area contributed by atoms with Gasteiger partial charge in [0.2, 0.25) is 10.0 Å². The maximum absolute atomic E-state index is 12.2. The Morgan fingerprint density at radius 3 is 2.64 bits per heavy atom. The fraction of sp³-hybridized carbons (Fsp3) is 0.438. The Kier molecular flexibility index (Phi) is 4.31. The van der Waals surface area contributed by atoms with Crippen molar-refractivity contribution in [3.05, 3.63) is 48.0 Å². The smallest absolute Gasteiger partial charge is 0.240 e. The Bertz CT molecular complexity index is 734. The first kappa shape index (κ1) is 15.2. The van der Waals surface area contributed by atoms with E-state index in [2.05, 4.69) is 14.3 Å². The Balaban J connectivity index is 1.65. The topological polar surface area (TPSA) is 64.0 Å². The average Bonchev–Trinajstić information content (AvgIpc) is 2.80. The van der Waals surface area contributed by atoms with Gasteiger partial charge in [0, 0.05) is 30.9 Å². The summed E-state index contributed by atoms with van der Waals surface area (Å²) in [6.45, 7) is 3.00. The van der Waals surface area contributed by atoms with Crippen LogP contribution < -0.4 is 4.72 Å². The third-order valence-corrected chi connectivity index (χ3v) is 5.71. The molecule has 1 N–H and O–H groups in total. The predicted octanol–water partition coefficient (Wildman–Crippen LogP) is 2.44. The van der Waals surface area contributed by atoms with Crippen LogP contribution in [0.1, 0.15) is 36.7 Å². The minimum absolute atomic E-state index is 0.302. The lowest BCUT2D eigenvalue weighted by Gasteiger charge is -2.26. The lowest BCUT2D eigenvalue weighted by atomic mass is 9.85. The van der Waals surface area contributed by atoms with Crippen LogP contribution in [0.25, 0.3) is 0 Å². The zero-order chi connectivity index (χ0) is 15.6. The van der Waals surface area contributed by atoms with Crippen LogP contribution in [0.4, 0.5) is 0 Å². The molecule has 5 nitrogen and oxygen atoms in total. The van der Waals surface area contributed by atoms with Crippen LogP contribution in [-0.2, 0) is 16.6 Å². The summed E-state index contributed by atoms with van der Waals surface area (Å²) in [6.07, 6.45) is 5.51. The molecule has 0 atom stereocenters. The van der Waals surface area contributed by atoms with Gasteiger partial charge in [0.05, 0.1) is 4.90 Å². The van der Waals surface area contributed by atoms with Gasteiger partial charge in [-0.15, -0.1) is 0 Å². The molecule has 6 heteroatoms. The van der Waals surface area contributed by atoms with Crippen molar-refractivity contribution in [3.8, 4) is 0 Å². The van der Waals surface area contributed by atoms with E-state index in [4.69, 9.17) is 0 Å². The first-order valence-corrected chi connectivity index (χ1v) is 9.13. The molecule has 0 aliphatic heterocycles. The SMILES string of the molecule is Cc1cnc(C2CCC2)n1CCNS(=O)(=O)c1ccccc1. The van der Waals surface area contributed by atoms with Crippen LogP contribution in [0.2, 0.25) is 0 Å². The van der Waals surface area contributed by atoms with Gasteiger partial charge in [0.25, 0.3) is 0 Å². The van der Waals surface area contributed by atoms with Gasteiger partial charge in [-0.1, -0.05) is 24.6 Å². The quantitative estimate of drug-likeness (QED) is 0.889. The number of imidazole rings is 1. The molecule has 1 aliphatic rings. The van der Waals surface area contributed by atoms with Gasteiger partial charge in [-0.3, -0.25) is 0 Å². The summed E-state index contributed by atoms with van der Waals surface area (Å²) in [5, 5.41) is 0. The van der Waals surface area contributed by atoms with E-state index < -0.39 is 10.0 Å². The molecule has 2 aromatic rings. The Hall–Kier alpha value is -1.66. The predicted molar refractivity (Wildman–Crippen MR) is 85.2 cm³/mol. The lowest BCUT2D eigenvalue weighted by Crippen LogP contribution is -2.28. The second kappa shape index (κ2) is 6.22. The molecule has 0 radical (unpaired) electrons. The van der Waals surface area contributed by atoms with Crippen molar-refractivity contribution in [2.45, 2.75) is 43.5 Å². The van der Waals surface area contributed by atoms with Gasteiger partial charge in [0.15, 0.2) is 0 Å². The van der Waals surface area contributed by atoms with E-state index in [1.807, 2.05) is 13.1 Å². The zero-order valence-electron chi connectivity index (χ0n) is 12.7. The van der Waals surface area contributed by atoms with E-state index >= 15 is 0 Å². The van der Waals surface area contributed by atoms with Crippen LogP contribution in [-0.4, -0.2) is 24.5 Å². The monoisotopic (exact) mass is 319 g/mol. The Morgan fingerprint density at radius 1 is 1.27 bits per heavy atom. The fourth-order valence-electron chi connectivity index (χ4n) is 2.74. The summed E-state index contributed by atoms with van der Waals surface area (Å²) in [5.74, 6) is 1.64. The number of nitrogens with one attached hydrogen (secondary N) is 1. The highest BCUT2D eigenvalue weighted by Gasteiger charge is 2.24. The van der Waals surface area contributed by atoms with Crippen molar-refractivity contribution in [1.29, 1.82) is 0 Å². The average molecular weight is 319 g/mol. The van der Waals surface area contributed by atoms with Crippen molar-refractivity contribution in [1.82, 2.24) is 14.3 Å². The van der Waals surface area contributed by atoms with E-state index in [0.29, 0.717) is 23.9 Å². The van der Waals surface area contributed by atoms with Crippen molar-refractivity contribution >= 4 is 10.0 Å². The van der Waals surface area contributed by atoms with E-state index in [0.717, 1.165) is 11.5 Å². The molecule has 0 unspecified atom stereocenters. The molecule has 0 amide bonds. The molecule has 1 heterocycles. The molecule has 22 heavy (non-hydrogen) atoms. The second-order valence-corrected chi connectivity index (χ2v) is 7.52. The third-order valence-electron chi connectivity index (χ3n) is 4.24. The number of nitrogens with zero attached hydrogens (tertiary/aromatic N) is 2. The van der Waals surface area contributed by atoms with Crippen LogP contribution in [0.3, 0.4) is 0 Å². The summed E-state index contributed by atoms with van der Waals surface area (Å²) in [6, 6.07) is 8.46. The molecule has 1 aromatic carbocycles. The van der Waals surface area contributed by atoms with Gasteiger partial charge in [-0.2, -0.15) is 0 Å². The van der Waals surface area contributed by atoms with E-state index in [1.54, 1.807) is 30.3 Å². The number of rotatable bonds is 6. The van der Waals surface area contributed by atoms with Gasteiger partial charge in [0.1, 0.15) is 5.82 Å². The molecule has 0 bridgehead atoms. The first-order valence-electron chi connectivity index (χ1n) is 7.64. The van der Waals surface area contributed by atoms with Gasteiger partial charge >= 0.3 is 0 Å². The van der Waals surface area contributed by atoms with Crippen LogP contribution in [0.5, 0.6) is 0 Å². The summed E-state index contributed by atoms with van der Waals surface area (Å²) in [5.41, 5.74) is 1.08. The minimum Gasteiger partial charge on any atom is -0.331 e. The fourth-order valence-corrected chi connectivity index (χ4v) is 3.78. The van der Waals surface area contributed by atoms with Crippen molar-refractivity contribution in [2.24, 2.45) is 0 Å². The number of hydrogen-bond donors (Lipinski definition) is 1. The summed E-state index contributed by atoms with van der Waals surface area (Å²) in [4.78, 5) is 4.80. The normalized spacial score (nSPS) is 15.7. The summed E-state index contributed by atoms with van der Waals surface area (Å²) in [7, 11) is -3.43. The standard InChI is InChI=1S/C16H21N3O2S/c1-13-12-17-16(14-6-5-7-14)19(13)11-10-18-22(20,21)15-8-3-2-4-9-15/h2-4,8-9,12,14,18H,5-7,10-11H2,1H3. The second-order valence-electron chi connectivity index (χ2n) is 5.75. The molecular weight excluding hydrogens is 298 g/mol. The lowest BCUT2D eigenvalue weighted by molar-refractivity contribution is 0.385. The maximum atomic E-state index is 12.2. The molecule has 118 valence electrons. The van der Waals surface area contributed by atoms with Crippen LogP contribution >= 0.6 is 0 Å². The van der Waals surface area contributed by atoms with Crippen LogP contribution in [0.15, 0.2) is 41.4 Å². The Morgan fingerprint density at radius 2 is 2.00 bits per heavy atom. The molecule has 1 aromatic heterocycles. The van der Waals surface area contributed by atoms with Crippen molar-refractivity contribution < 1.29 is 8.42 Å². The van der Waals surface area contributed by atoms with E-state index in [-0.39, 0.29) is 0 Å². The molecule has 0 spiro atoms. The molecule has 1 fully saturated rings. The Labute approximate surface area is 131 Å². The zero-order valence-corrected chi connectivity index (χ0v) is 13.5. The third kappa shape index (κ3) is 3.08. The number of aryl methyl sites for hydroxylation is 1. The van der Waals surface area contributed by atoms with E-state index in [1.165, 1.54) is 19.3 Å². The first-order chi connectivity index (χ1) is 10.6. The largest absolute Gasteiger partial charge is 0.331 e. The minimum atomic E-state index is -3.43. The number of sulfonamides is 1. The highest BCUT2D eigenvalue weighted by molar-refractivity contribution is 7.89. The highest BCUT2D eigenvalue weighted by Crippen LogP contribution is 2.35. The molecule has 0 saturated heterocycles. The molecule has 3 rings (SSSR count). The van der Waals surface area contributed by atoms with E-state index in [9.17, 15) is 8.42 Å². The van der Waals surface area contributed by atoms with Gasteiger partial charge in [-0.05, 0) is 31.9 Å². The van der Waals surface area contributed by atoms with Crippen molar-refractivity contribution in [2.75, 3.05) is 6.54 Å². The number of benzene rings is 1. The summed E-state index contributed by atoms with van der Waals surface area (Å²) < 4.78 is 29.2. The summed E-state index contributed by atoms with van der Waals surface area (Å²) >= 11 is 0. The van der Waals surface area contributed by atoms with Gasteiger partial charge < -0.3 is 4.57 Å². The molecule has 1 aliphatic carbocycles. The van der Waals surface area contributed by atoms with Crippen molar-refractivity contribution in [3.63, 3.8) is 0 Å². The highest BCUT2D eigenvalue weighted by atomic mass is 32.2.